The fourth-order valence-corrected chi connectivity index (χ4v) is 8.26. The van der Waals surface area contributed by atoms with E-state index in [0.29, 0.717) is 62.6 Å². The third kappa shape index (κ3) is 13.6. The van der Waals surface area contributed by atoms with Crippen LogP contribution in [0.3, 0.4) is 0 Å². The quantitative estimate of drug-likeness (QED) is 0.0907. The van der Waals surface area contributed by atoms with Gasteiger partial charge in [0.1, 0.15) is 20.6 Å². The van der Waals surface area contributed by atoms with Crippen LogP contribution >= 0.6 is 46.9 Å². The summed E-state index contributed by atoms with van der Waals surface area (Å²) in [7, 11) is 1.33. The molecule has 0 unspecified atom stereocenters. The largest absolute Gasteiger partial charge is 1.00 e. The van der Waals surface area contributed by atoms with Crippen LogP contribution in [0.4, 0.5) is 11.4 Å². The molecule has 2 aromatic carbocycles. The van der Waals surface area contributed by atoms with Crippen LogP contribution in [0.2, 0.25) is 5.15 Å². The van der Waals surface area contributed by atoms with Gasteiger partial charge in [-0.2, -0.15) is 33.2 Å². The maximum absolute atomic E-state index is 12.6. The summed E-state index contributed by atoms with van der Waals surface area (Å²) in [4.78, 5) is 34.9. The zero-order valence-corrected chi connectivity index (χ0v) is 44.0. The summed E-state index contributed by atoms with van der Waals surface area (Å²) in [5.41, 5.74) is 25.4. The molecule has 0 atom stereocenters. The molecule has 0 radical (unpaired) electrons. The first-order chi connectivity index (χ1) is 32.4. The molecule has 9 rings (SSSR count). The number of hydrogen-bond acceptors (Lipinski definition) is 22. The molecule has 7 heterocycles. The minimum Gasteiger partial charge on any atom is -0.544 e. The number of halogens is 1. The zero-order valence-electron chi connectivity index (χ0n) is 38.7. The number of thiol groups is 1. The monoisotopic (exact) mass is 1030 g/mol. The fourth-order valence-electron chi connectivity index (χ4n) is 5.96. The summed E-state index contributed by atoms with van der Waals surface area (Å²) in [5, 5.41) is 47.3. The molecule has 2 aliphatic rings. The van der Waals surface area contributed by atoms with Crippen LogP contribution in [0.5, 0.6) is 23.0 Å². The summed E-state index contributed by atoms with van der Waals surface area (Å²) < 4.78 is 25.1. The van der Waals surface area contributed by atoms with Gasteiger partial charge >= 0.3 is 35.5 Å². The number of nitrogens with one attached hydrogen (secondary N) is 1. The van der Waals surface area contributed by atoms with Crippen LogP contribution in [0.25, 0.3) is 20.4 Å². The Morgan fingerprint density at radius 1 is 0.768 bits per heavy atom. The number of carboxylic acid groups (broad SMARTS) is 1. The van der Waals surface area contributed by atoms with Crippen LogP contribution in [0, 0.1) is 52.9 Å². The van der Waals surface area contributed by atoms with Crippen molar-refractivity contribution < 1.29 is 72.7 Å². The standard InChI is InChI=1S/C17H16N4O3S.C9H9N3O2S.C8H9NO2.C7H6ClN3.C3H6O2S.Na/c1-8-9(2)20-21-17-13(8)14(18)15(25-17)16(22)19-6-10-3-4-11-12(5-10)24-7-23-11;1-3-4(2)11-12-8-5(3)6(10)7(15-8)9(13)14;9-4-6-1-2-7-8(3-6)11-5-10-7;1-4-5(2)10-11-7(8)6(4)3-9;1-5-3(4)2-6;/h3-5H,6-7,18H2,1-2H3,(H,19,22);10H2,1-2H3,(H,13,14);1-3H,4-5,9H2;1-2H3;6H,2H2,1H3;/q;;;;;+1/p-1. The van der Waals surface area contributed by atoms with E-state index in [2.05, 4.69) is 53.3 Å². The number of nitriles is 1. The van der Waals surface area contributed by atoms with E-state index in [1.807, 2.05) is 63.2 Å². The van der Waals surface area contributed by atoms with Crippen molar-refractivity contribution in [3.05, 3.63) is 102 Å². The number of nitrogens with zero attached hydrogens (tertiary/aromatic N) is 7. The van der Waals surface area contributed by atoms with Crippen molar-refractivity contribution in [3.8, 4) is 29.1 Å². The Kier molecular flexibility index (Phi) is 20.5. The Morgan fingerprint density at radius 2 is 1.23 bits per heavy atom. The van der Waals surface area contributed by atoms with Crippen molar-refractivity contribution in [2.45, 2.75) is 54.6 Å². The molecular formula is C44H45ClN11NaO9S3. The maximum atomic E-state index is 12.6. The predicted octanol–water partition coefficient (Wildman–Crippen LogP) is 2.39. The molecule has 1 amide bonds. The fraction of sp³-hybridized carbons (Fsp3) is 0.273. The number of anilines is 2. The van der Waals surface area contributed by atoms with E-state index < -0.39 is 5.97 Å². The summed E-state index contributed by atoms with van der Waals surface area (Å²) in [6.07, 6.45) is 0. The molecule has 7 aromatic rings. The van der Waals surface area contributed by atoms with Gasteiger partial charge in [-0.15, -0.1) is 38.0 Å². The Morgan fingerprint density at radius 3 is 1.70 bits per heavy atom. The number of thiophene rings is 2. The smallest absolute Gasteiger partial charge is 0.544 e. The van der Waals surface area contributed by atoms with Gasteiger partial charge in [0.25, 0.3) is 5.91 Å². The van der Waals surface area contributed by atoms with E-state index >= 15 is 0 Å². The third-order valence-corrected chi connectivity index (χ3v) is 12.8. The molecule has 0 spiro atoms. The van der Waals surface area contributed by atoms with E-state index in [1.54, 1.807) is 20.8 Å². The normalized spacial score (nSPS) is 11.2. The first-order valence-electron chi connectivity index (χ1n) is 20.0. The summed E-state index contributed by atoms with van der Waals surface area (Å²) >= 11 is 11.5. The van der Waals surface area contributed by atoms with Crippen LogP contribution in [-0.4, -0.2) is 74.9 Å². The minimum atomic E-state index is -1.27. The van der Waals surface area contributed by atoms with E-state index in [1.165, 1.54) is 18.4 Å². The molecule has 0 saturated carbocycles. The van der Waals surface area contributed by atoms with Crippen molar-refractivity contribution >= 4 is 96.6 Å². The van der Waals surface area contributed by atoms with Gasteiger partial charge in [0.05, 0.1) is 57.7 Å². The number of carbonyl (C=O) groups excluding carboxylic acids is 3. The number of carboxylic acids is 1. The average Bonchev–Trinajstić information content (AvgIpc) is 4.15. The second-order valence-corrected chi connectivity index (χ2v) is 17.0. The maximum Gasteiger partial charge on any atom is 1.00 e. The number of nitrogens with two attached hydrogens (primary N) is 3. The molecule has 20 nitrogen and oxygen atoms in total. The number of benzene rings is 2. The number of nitrogen functional groups attached to an aromatic ring is 2. The second kappa shape index (κ2) is 25.5. The number of aromatic nitrogens is 6. The Labute approximate surface area is 436 Å². The molecule has 0 fully saturated rings. The molecule has 0 aliphatic carbocycles. The van der Waals surface area contributed by atoms with E-state index in [4.69, 9.17) is 53.0 Å². The first kappa shape index (κ1) is 55.5. The minimum absolute atomic E-state index is 0. The van der Waals surface area contributed by atoms with Gasteiger partial charge in [0.2, 0.25) is 13.6 Å². The number of aromatic carboxylic acids is 1. The number of rotatable bonds is 6. The van der Waals surface area contributed by atoms with Gasteiger partial charge in [-0.05, 0) is 93.6 Å². The van der Waals surface area contributed by atoms with Crippen molar-refractivity contribution in [1.82, 2.24) is 35.9 Å². The third-order valence-electron chi connectivity index (χ3n) is 10.1. The predicted molar refractivity (Wildman–Crippen MR) is 258 cm³/mol. The van der Waals surface area contributed by atoms with Gasteiger partial charge < -0.3 is 56.1 Å². The van der Waals surface area contributed by atoms with Crippen molar-refractivity contribution in [2.24, 2.45) is 5.73 Å². The second-order valence-electron chi connectivity index (χ2n) is 14.3. The van der Waals surface area contributed by atoms with Crippen LogP contribution in [0.15, 0.2) is 36.4 Å². The number of hydrogen-bond donors (Lipinski definition) is 5. The number of amides is 1. The number of aryl methyl sites for hydroxylation is 5. The van der Waals surface area contributed by atoms with Crippen molar-refractivity contribution in [2.75, 3.05) is 37.9 Å². The summed E-state index contributed by atoms with van der Waals surface area (Å²) in [6.45, 7) is 12.5. The molecule has 0 saturated heterocycles. The molecule has 2 aliphatic heterocycles. The number of carbonyl (C=O) groups is 3. The van der Waals surface area contributed by atoms with Crippen LogP contribution in [-0.2, 0) is 22.6 Å². The van der Waals surface area contributed by atoms with Gasteiger partial charge in [-0.1, -0.05) is 23.7 Å². The molecular weight excluding hydrogens is 981 g/mol. The van der Waals surface area contributed by atoms with Gasteiger partial charge in [-0.3, -0.25) is 9.59 Å². The number of fused-ring (bicyclic) bond motifs is 4. The topological polar surface area (TPSA) is 312 Å². The number of methoxy groups -OCH3 is 1. The van der Waals surface area contributed by atoms with Gasteiger partial charge in [0.15, 0.2) is 28.2 Å². The number of ether oxygens (including phenoxy) is 5. The molecule has 69 heavy (non-hydrogen) atoms. The molecule has 25 heteroatoms. The van der Waals surface area contributed by atoms with Crippen molar-refractivity contribution in [1.29, 1.82) is 5.26 Å². The van der Waals surface area contributed by atoms with Gasteiger partial charge in [-0.25, -0.2) is 0 Å². The van der Waals surface area contributed by atoms with Crippen LogP contribution < -0.4 is 76.1 Å². The Balaban J connectivity index is 0.000000203. The SMILES string of the molecule is COC(=O)CS.Cc1nnc(Cl)c(C#N)c1C.Cc1nnc2sc(C(=O)NCc3ccc4c(c3)OCO4)c(N)c2c1C.Cc1nnc2sc(C(=O)[O-])c(N)c2c1C.NCc1ccc2c(c1)OCO2.[Na+]. The van der Waals surface area contributed by atoms with Crippen LogP contribution in [0.1, 0.15) is 69.8 Å². The zero-order chi connectivity index (χ0) is 49.8. The van der Waals surface area contributed by atoms with E-state index in [9.17, 15) is 19.5 Å². The first-order valence-corrected chi connectivity index (χ1v) is 22.7. The Hall–Kier alpha value is -6.10. The summed E-state index contributed by atoms with van der Waals surface area (Å²) in [5.74, 6) is 1.38. The Bertz CT molecular complexity index is 3050. The number of esters is 1. The molecule has 0 bridgehead atoms. The summed E-state index contributed by atoms with van der Waals surface area (Å²) in [6, 6.07) is 13.3. The molecule has 7 N–H and O–H groups in total. The van der Waals surface area contributed by atoms with E-state index in [-0.39, 0.29) is 69.7 Å². The van der Waals surface area contributed by atoms with E-state index in [0.717, 1.165) is 73.1 Å². The average molecular weight is 1030 g/mol. The molecule has 356 valence electrons. The van der Waals surface area contributed by atoms with Crippen molar-refractivity contribution in [3.63, 3.8) is 0 Å². The molecule has 5 aromatic heterocycles. The van der Waals surface area contributed by atoms with Gasteiger partial charge in [0, 0.05) is 23.9 Å².